The summed E-state index contributed by atoms with van der Waals surface area (Å²) in [5.41, 5.74) is 1.59. The Bertz CT molecular complexity index is 465. The molecule has 0 aliphatic carbocycles. The maximum atomic E-state index is 11.9. The third kappa shape index (κ3) is 5.29. The van der Waals surface area contributed by atoms with E-state index in [2.05, 4.69) is 11.4 Å². The molecule has 2 amide bonds. The summed E-state index contributed by atoms with van der Waals surface area (Å²) in [6.07, 6.45) is 1.44. The Morgan fingerprint density at radius 2 is 2.10 bits per heavy atom. The standard InChI is InChI=1S/C15H21N3O2/c1-12(4-3-9-19)17-15(20)18(2)11-14-7-5-13(10-16)6-8-14/h5-8,12,19H,3-4,9,11H2,1-2H3,(H,17,20). The van der Waals surface area contributed by atoms with Gasteiger partial charge in [-0.15, -0.1) is 0 Å². The third-order valence-electron chi connectivity index (χ3n) is 3.01. The number of urea groups is 1. The lowest BCUT2D eigenvalue weighted by atomic mass is 10.1. The first-order valence-corrected chi connectivity index (χ1v) is 6.68. The summed E-state index contributed by atoms with van der Waals surface area (Å²) >= 11 is 0. The van der Waals surface area contributed by atoms with Crippen LogP contribution in [0.15, 0.2) is 24.3 Å². The van der Waals surface area contributed by atoms with E-state index in [1.807, 2.05) is 19.1 Å². The van der Waals surface area contributed by atoms with Crippen LogP contribution in [0.2, 0.25) is 0 Å². The predicted molar refractivity (Wildman–Crippen MR) is 76.9 cm³/mol. The molecule has 108 valence electrons. The molecule has 20 heavy (non-hydrogen) atoms. The van der Waals surface area contributed by atoms with Crippen LogP contribution in [0.4, 0.5) is 4.79 Å². The number of nitrogens with zero attached hydrogens (tertiary/aromatic N) is 2. The van der Waals surface area contributed by atoms with Gasteiger partial charge in [0.1, 0.15) is 0 Å². The Labute approximate surface area is 119 Å². The van der Waals surface area contributed by atoms with Crippen molar-refractivity contribution in [1.82, 2.24) is 10.2 Å². The molecule has 1 rings (SSSR count). The molecule has 0 fully saturated rings. The number of hydrogen-bond donors (Lipinski definition) is 2. The average molecular weight is 275 g/mol. The molecular formula is C15H21N3O2. The largest absolute Gasteiger partial charge is 0.396 e. The minimum absolute atomic E-state index is 0.0399. The van der Waals surface area contributed by atoms with E-state index in [9.17, 15) is 4.79 Å². The molecule has 0 saturated carbocycles. The molecule has 0 radical (unpaired) electrons. The molecule has 0 aromatic heterocycles. The molecule has 2 N–H and O–H groups in total. The highest BCUT2D eigenvalue weighted by molar-refractivity contribution is 5.74. The van der Waals surface area contributed by atoms with E-state index in [0.29, 0.717) is 18.5 Å². The summed E-state index contributed by atoms with van der Waals surface area (Å²) in [5.74, 6) is 0. The van der Waals surface area contributed by atoms with Crippen LogP contribution < -0.4 is 5.32 Å². The lowest BCUT2D eigenvalue weighted by Gasteiger charge is -2.21. The minimum atomic E-state index is -0.139. The first-order valence-electron chi connectivity index (χ1n) is 6.68. The summed E-state index contributed by atoms with van der Waals surface area (Å²) in [5, 5.41) is 20.4. The Balaban J connectivity index is 2.46. The smallest absolute Gasteiger partial charge is 0.317 e. The summed E-state index contributed by atoms with van der Waals surface area (Å²) in [4.78, 5) is 13.5. The van der Waals surface area contributed by atoms with Crippen molar-refractivity contribution in [2.45, 2.75) is 32.4 Å². The number of aliphatic hydroxyl groups is 1. The van der Waals surface area contributed by atoms with E-state index in [-0.39, 0.29) is 18.7 Å². The van der Waals surface area contributed by atoms with Crippen molar-refractivity contribution in [3.63, 3.8) is 0 Å². The van der Waals surface area contributed by atoms with Crippen molar-refractivity contribution in [3.8, 4) is 6.07 Å². The molecule has 5 nitrogen and oxygen atoms in total. The molecule has 0 aliphatic rings. The van der Waals surface area contributed by atoms with E-state index in [1.54, 1.807) is 24.1 Å². The number of carbonyl (C=O) groups excluding carboxylic acids is 1. The van der Waals surface area contributed by atoms with E-state index >= 15 is 0 Å². The summed E-state index contributed by atoms with van der Waals surface area (Å²) in [6.45, 7) is 2.55. The van der Waals surface area contributed by atoms with E-state index in [1.165, 1.54) is 0 Å². The van der Waals surface area contributed by atoms with Crippen molar-refractivity contribution in [2.75, 3.05) is 13.7 Å². The second-order valence-electron chi connectivity index (χ2n) is 4.88. The van der Waals surface area contributed by atoms with Crippen LogP contribution in [-0.2, 0) is 6.54 Å². The zero-order chi connectivity index (χ0) is 15.0. The Morgan fingerprint density at radius 1 is 1.45 bits per heavy atom. The SMILES string of the molecule is CC(CCCO)NC(=O)N(C)Cc1ccc(C#N)cc1. The van der Waals surface area contributed by atoms with Gasteiger partial charge in [0.2, 0.25) is 0 Å². The molecule has 1 unspecified atom stereocenters. The fourth-order valence-electron chi connectivity index (χ4n) is 1.82. The number of nitriles is 1. The van der Waals surface area contributed by atoms with Gasteiger partial charge in [-0.1, -0.05) is 12.1 Å². The molecule has 0 saturated heterocycles. The quantitative estimate of drug-likeness (QED) is 0.832. The maximum absolute atomic E-state index is 11.9. The van der Waals surface area contributed by atoms with Gasteiger partial charge in [-0.2, -0.15) is 5.26 Å². The molecule has 1 aromatic carbocycles. The van der Waals surface area contributed by atoms with Crippen molar-refractivity contribution in [3.05, 3.63) is 35.4 Å². The minimum Gasteiger partial charge on any atom is -0.396 e. The number of rotatable bonds is 6. The van der Waals surface area contributed by atoms with Gasteiger partial charge in [0.15, 0.2) is 0 Å². The van der Waals surface area contributed by atoms with Crippen molar-refractivity contribution >= 4 is 6.03 Å². The molecule has 0 heterocycles. The van der Waals surface area contributed by atoms with Crippen LogP contribution in [0, 0.1) is 11.3 Å². The normalized spacial score (nSPS) is 11.5. The second kappa shape index (κ2) is 8.18. The maximum Gasteiger partial charge on any atom is 0.317 e. The number of benzene rings is 1. The molecule has 0 aliphatic heterocycles. The number of aliphatic hydroxyl groups excluding tert-OH is 1. The lowest BCUT2D eigenvalue weighted by Crippen LogP contribution is -2.41. The topological polar surface area (TPSA) is 76.4 Å². The summed E-state index contributed by atoms with van der Waals surface area (Å²) in [7, 11) is 1.73. The lowest BCUT2D eigenvalue weighted by molar-refractivity contribution is 0.201. The van der Waals surface area contributed by atoms with Crippen LogP contribution in [0.3, 0.4) is 0 Å². The highest BCUT2D eigenvalue weighted by Crippen LogP contribution is 2.06. The van der Waals surface area contributed by atoms with Gasteiger partial charge in [0.25, 0.3) is 0 Å². The Kier molecular flexibility index (Phi) is 6.54. The Hall–Kier alpha value is -2.06. The molecule has 1 aromatic rings. The monoisotopic (exact) mass is 275 g/mol. The number of carbonyl (C=O) groups is 1. The number of amides is 2. The van der Waals surface area contributed by atoms with Gasteiger partial charge in [0, 0.05) is 26.2 Å². The molecule has 5 heteroatoms. The van der Waals surface area contributed by atoms with Crippen LogP contribution in [-0.4, -0.2) is 35.7 Å². The van der Waals surface area contributed by atoms with Crippen LogP contribution >= 0.6 is 0 Å². The fraction of sp³-hybridized carbons (Fsp3) is 0.467. The van der Waals surface area contributed by atoms with Gasteiger partial charge in [-0.25, -0.2) is 4.79 Å². The van der Waals surface area contributed by atoms with Crippen molar-refractivity contribution < 1.29 is 9.90 Å². The zero-order valence-corrected chi connectivity index (χ0v) is 12.0. The van der Waals surface area contributed by atoms with Gasteiger partial charge in [-0.05, 0) is 37.5 Å². The molecular weight excluding hydrogens is 254 g/mol. The van der Waals surface area contributed by atoms with E-state index < -0.39 is 0 Å². The zero-order valence-electron chi connectivity index (χ0n) is 12.0. The van der Waals surface area contributed by atoms with Gasteiger partial charge >= 0.3 is 6.03 Å². The van der Waals surface area contributed by atoms with Crippen molar-refractivity contribution in [2.24, 2.45) is 0 Å². The van der Waals surface area contributed by atoms with Crippen molar-refractivity contribution in [1.29, 1.82) is 5.26 Å². The van der Waals surface area contributed by atoms with E-state index in [0.717, 1.165) is 12.0 Å². The molecule has 0 spiro atoms. The summed E-state index contributed by atoms with van der Waals surface area (Å²) in [6, 6.07) is 9.13. The Morgan fingerprint density at radius 3 is 2.65 bits per heavy atom. The van der Waals surface area contributed by atoms with Crippen LogP contribution in [0.1, 0.15) is 30.9 Å². The van der Waals surface area contributed by atoms with Crippen LogP contribution in [0.25, 0.3) is 0 Å². The summed E-state index contributed by atoms with van der Waals surface area (Å²) < 4.78 is 0. The number of nitrogens with one attached hydrogen (secondary N) is 1. The average Bonchev–Trinajstić information content (AvgIpc) is 2.45. The highest BCUT2D eigenvalue weighted by Gasteiger charge is 2.12. The third-order valence-corrected chi connectivity index (χ3v) is 3.01. The van der Waals surface area contributed by atoms with Gasteiger partial charge in [0.05, 0.1) is 11.6 Å². The van der Waals surface area contributed by atoms with Crippen LogP contribution in [0.5, 0.6) is 0 Å². The fourth-order valence-corrected chi connectivity index (χ4v) is 1.82. The molecule has 0 bridgehead atoms. The first kappa shape index (κ1) is 16.0. The number of hydrogen-bond acceptors (Lipinski definition) is 3. The van der Waals surface area contributed by atoms with E-state index in [4.69, 9.17) is 10.4 Å². The van der Waals surface area contributed by atoms with Gasteiger partial charge in [-0.3, -0.25) is 0 Å². The molecule has 1 atom stereocenters. The highest BCUT2D eigenvalue weighted by atomic mass is 16.3. The first-order chi connectivity index (χ1) is 9.56. The van der Waals surface area contributed by atoms with Gasteiger partial charge < -0.3 is 15.3 Å². The second-order valence-corrected chi connectivity index (χ2v) is 4.88. The predicted octanol–water partition coefficient (Wildman–Crippen LogP) is 1.86.